The number of hydrogen-bond acceptors (Lipinski definition) is 2. The SMILES string of the molecule is COc1ccc2ccccc2c1CNc1ccccc1I. The van der Waals surface area contributed by atoms with Gasteiger partial charge in [-0.2, -0.15) is 0 Å². The highest BCUT2D eigenvalue weighted by Gasteiger charge is 2.08. The molecule has 0 unspecified atom stereocenters. The molecule has 106 valence electrons. The van der Waals surface area contributed by atoms with Crippen molar-refractivity contribution in [1.82, 2.24) is 0 Å². The van der Waals surface area contributed by atoms with Crippen molar-refractivity contribution in [1.29, 1.82) is 0 Å². The smallest absolute Gasteiger partial charge is 0.124 e. The van der Waals surface area contributed by atoms with Crippen LogP contribution in [0.2, 0.25) is 0 Å². The molecule has 0 amide bonds. The zero-order chi connectivity index (χ0) is 14.7. The zero-order valence-corrected chi connectivity index (χ0v) is 13.9. The molecule has 0 fully saturated rings. The molecule has 0 aromatic heterocycles. The molecule has 3 heteroatoms. The Morgan fingerprint density at radius 2 is 1.71 bits per heavy atom. The first-order valence-corrected chi connectivity index (χ1v) is 7.90. The predicted octanol–water partition coefficient (Wildman–Crippen LogP) is 5.07. The summed E-state index contributed by atoms with van der Waals surface area (Å²) in [5, 5.41) is 5.97. The Morgan fingerprint density at radius 1 is 0.952 bits per heavy atom. The number of para-hydroxylation sites is 1. The first-order valence-electron chi connectivity index (χ1n) is 6.82. The quantitative estimate of drug-likeness (QED) is 0.630. The maximum Gasteiger partial charge on any atom is 0.124 e. The molecule has 0 bridgehead atoms. The van der Waals surface area contributed by atoms with Crippen LogP contribution in [0.1, 0.15) is 5.56 Å². The van der Waals surface area contributed by atoms with Crippen LogP contribution in [0.3, 0.4) is 0 Å². The van der Waals surface area contributed by atoms with Gasteiger partial charge in [-0.1, -0.05) is 42.5 Å². The molecule has 0 atom stereocenters. The van der Waals surface area contributed by atoms with E-state index in [1.165, 1.54) is 19.9 Å². The van der Waals surface area contributed by atoms with Crippen molar-refractivity contribution >= 4 is 39.1 Å². The summed E-state index contributed by atoms with van der Waals surface area (Å²) < 4.78 is 6.75. The van der Waals surface area contributed by atoms with Gasteiger partial charge in [0.05, 0.1) is 7.11 Å². The highest BCUT2D eigenvalue weighted by Crippen LogP contribution is 2.29. The number of benzene rings is 3. The molecule has 3 aromatic rings. The fourth-order valence-electron chi connectivity index (χ4n) is 2.48. The van der Waals surface area contributed by atoms with Crippen molar-refractivity contribution in [2.75, 3.05) is 12.4 Å². The Bertz CT molecular complexity index is 770. The molecule has 0 saturated carbocycles. The van der Waals surface area contributed by atoms with Crippen molar-refractivity contribution < 1.29 is 4.74 Å². The van der Waals surface area contributed by atoms with Crippen LogP contribution < -0.4 is 10.1 Å². The van der Waals surface area contributed by atoms with E-state index in [2.05, 4.69) is 70.4 Å². The van der Waals surface area contributed by atoms with E-state index in [-0.39, 0.29) is 0 Å². The minimum atomic E-state index is 0.741. The summed E-state index contributed by atoms with van der Waals surface area (Å²) in [5.41, 5.74) is 2.34. The molecule has 2 nitrogen and oxygen atoms in total. The van der Waals surface area contributed by atoms with E-state index in [0.717, 1.165) is 18.0 Å². The van der Waals surface area contributed by atoms with Crippen LogP contribution in [-0.2, 0) is 6.54 Å². The zero-order valence-electron chi connectivity index (χ0n) is 11.8. The number of anilines is 1. The Kier molecular flexibility index (Phi) is 4.29. The first-order chi connectivity index (χ1) is 10.3. The van der Waals surface area contributed by atoms with Crippen molar-refractivity contribution in [2.45, 2.75) is 6.54 Å². The summed E-state index contributed by atoms with van der Waals surface area (Å²) in [6.45, 7) is 0.741. The van der Waals surface area contributed by atoms with Gasteiger partial charge in [0, 0.05) is 21.4 Å². The lowest BCUT2D eigenvalue weighted by molar-refractivity contribution is 0.411. The van der Waals surface area contributed by atoms with Crippen LogP contribution in [0, 0.1) is 3.57 Å². The molecule has 0 aliphatic rings. The van der Waals surface area contributed by atoms with Gasteiger partial charge in [-0.05, 0) is 51.6 Å². The lowest BCUT2D eigenvalue weighted by atomic mass is 10.0. The molecule has 0 aliphatic heterocycles. The third kappa shape index (κ3) is 2.97. The summed E-state index contributed by atoms with van der Waals surface area (Å²) in [5.74, 6) is 0.923. The second kappa shape index (κ2) is 6.35. The average Bonchev–Trinajstić information content (AvgIpc) is 2.53. The second-order valence-corrected chi connectivity index (χ2v) is 5.96. The summed E-state index contributed by atoms with van der Waals surface area (Å²) in [7, 11) is 1.72. The monoisotopic (exact) mass is 389 g/mol. The van der Waals surface area contributed by atoms with Crippen LogP contribution in [0.25, 0.3) is 10.8 Å². The molecule has 0 aliphatic carbocycles. The highest BCUT2D eigenvalue weighted by atomic mass is 127. The van der Waals surface area contributed by atoms with Crippen LogP contribution >= 0.6 is 22.6 Å². The third-order valence-electron chi connectivity index (χ3n) is 3.55. The fourth-order valence-corrected chi connectivity index (χ4v) is 3.06. The van der Waals surface area contributed by atoms with Gasteiger partial charge in [-0.25, -0.2) is 0 Å². The van der Waals surface area contributed by atoms with E-state index in [4.69, 9.17) is 4.74 Å². The third-order valence-corrected chi connectivity index (χ3v) is 4.49. The summed E-state index contributed by atoms with van der Waals surface area (Å²) in [6.07, 6.45) is 0. The van der Waals surface area contributed by atoms with Gasteiger partial charge in [-0.3, -0.25) is 0 Å². The van der Waals surface area contributed by atoms with Crippen LogP contribution in [0.5, 0.6) is 5.75 Å². The van der Waals surface area contributed by atoms with Gasteiger partial charge in [-0.15, -0.1) is 0 Å². The van der Waals surface area contributed by atoms with Crippen molar-refractivity contribution in [3.63, 3.8) is 0 Å². The van der Waals surface area contributed by atoms with E-state index in [1.807, 2.05) is 18.2 Å². The van der Waals surface area contributed by atoms with Gasteiger partial charge in [0.2, 0.25) is 0 Å². The van der Waals surface area contributed by atoms with E-state index in [0.29, 0.717) is 0 Å². The highest BCUT2D eigenvalue weighted by molar-refractivity contribution is 14.1. The summed E-state index contributed by atoms with van der Waals surface area (Å²) in [6, 6.07) is 20.8. The minimum absolute atomic E-state index is 0.741. The van der Waals surface area contributed by atoms with Crippen LogP contribution in [-0.4, -0.2) is 7.11 Å². The number of halogens is 1. The first kappa shape index (κ1) is 14.2. The van der Waals surface area contributed by atoms with Gasteiger partial charge >= 0.3 is 0 Å². The number of methoxy groups -OCH3 is 1. The molecule has 0 saturated heterocycles. The maximum absolute atomic E-state index is 5.53. The fraction of sp³-hybridized carbons (Fsp3) is 0.111. The van der Waals surface area contributed by atoms with Gasteiger partial charge < -0.3 is 10.1 Å². The summed E-state index contributed by atoms with van der Waals surface area (Å²) in [4.78, 5) is 0. The molecular formula is C18H16INO. The Morgan fingerprint density at radius 3 is 2.52 bits per heavy atom. The topological polar surface area (TPSA) is 21.3 Å². The number of fused-ring (bicyclic) bond motifs is 1. The Balaban J connectivity index is 1.97. The molecule has 0 spiro atoms. The number of hydrogen-bond donors (Lipinski definition) is 1. The number of rotatable bonds is 4. The number of ether oxygens (including phenoxy) is 1. The van der Waals surface area contributed by atoms with Crippen molar-refractivity contribution in [2.24, 2.45) is 0 Å². The molecule has 3 aromatic carbocycles. The number of nitrogens with one attached hydrogen (secondary N) is 1. The normalized spacial score (nSPS) is 10.6. The average molecular weight is 389 g/mol. The van der Waals surface area contributed by atoms with E-state index < -0.39 is 0 Å². The van der Waals surface area contributed by atoms with Crippen molar-refractivity contribution in [3.05, 3.63) is 69.8 Å². The molecule has 0 heterocycles. The largest absolute Gasteiger partial charge is 0.496 e. The Hall–Kier alpha value is -1.75. The van der Waals surface area contributed by atoms with E-state index in [1.54, 1.807) is 7.11 Å². The van der Waals surface area contributed by atoms with Crippen molar-refractivity contribution in [3.8, 4) is 5.75 Å². The van der Waals surface area contributed by atoms with E-state index in [9.17, 15) is 0 Å². The lowest BCUT2D eigenvalue weighted by Gasteiger charge is -2.14. The molecule has 1 N–H and O–H groups in total. The molecule has 21 heavy (non-hydrogen) atoms. The van der Waals surface area contributed by atoms with E-state index >= 15 is 0 Å². The minimum Gasteiger partial charge on any atom is -0.496 e. The van der Waals surface area contributed by atoms with Crippen LogP contribution in [0.15, 0.2) is 60.7 Å². The Labute approximate surface area is 138 Å². The molecular weight excluding hydrogens is 373 g/mol. The summed E-state index contributed by atoms with van der Waals surface area (Å²) >= 11 is 2.35. The van der Waals surface area contributed by atoms with Gasteiger partial charge in [0.15, 0.2) is 0 Å². The van der Waals surface area contributed by atoms with Gasteiger partial charge in [0.1, 0.15) is 5.75 Å². The predicted molar refractivity (Wildman–Crippen MR) is 97.0 cm³/mol. The second-order valence-electron chi connectivity index (χ2n) is 4.80. The maximum atomic E-state index is 5.53. The molecule has 3 rings (SSSR count). The molecule has 0 radical (unpaired) electrons. The standard InChI is InChI=1S/C18H16INO/c1-21-18-11-10-13-6-2-3-7-14(13)15(18)12-20-17-9-5-4-8-16(17)19/h2-11,20H,12H2,1H3. The van der Waals surface area contributed by atoms with Gasteiger partial charge in [0.25, 0.3) is 0 Å². The van der Waals surface area contributed by atoms with Crippen LogP contribution in [0.4, 0.5) is 5.69 Å². The lowest BCUT2D eigenvalue weighted by Crippen LogP contribution is -2.03.